The van der Waals surface area contributed by atoms with Gasteiger partial charge in [0.15, 0.2) is 5.96 Å². The minimum atomic E-state index is -0.490. The average molecular weight is 515 g/mol. The fraction of sp³-hybridized carbons (Fsp3) is 0.550. The number of hydrogen-bond acceptors (Lipinski definition) is 6. The highest BCUT2D eigenvalue weighted by molar-refractivity contribution is 14.0. The summed E-state index contributed by atoms with van der Waals surface area (Å²) in [6.07, 6.45) is -0.264. The van der Waals surface area contributed by atoms with Crippen LogP contribution >= 0.6 is 24.0 Å². The summed E-state index contributed by atoms with van der Waals surface area (Å²) < 4.78 is 5.48. The number of carbonyl (C=O) groups excluding carboxylic acids is 2. The van der Waals surface area contributed by atoms with E-state index in [1.54, 1.807) is 18.0 Å². The molecule has 160 valence electrons. The predicted octanol–water partition coefficient (Wildman–Crippen LogP) is 2.04. The number of fused-ring (bicyclic) bond motifs is 1. The second-order valence-corrected chi connectivity index (χ2v) is 8.07. The molecule has 8 nitrogen and oxygen atoms in total. The van der Waals surface area contributed by atoms with E-state index in [1.165, 1.54) is 0 Å². The zero-order valence-electron chi connectivity index (χ0n) is 17.4. The molecule has 2 aliphatic heterocycles. The van der Waals surface area contributed by atoms with Crippen LogP contribution in [0.1, 0.15) is 36.7 Å². The van der Waals surface area contributed by atoms with Gasteiger partial charge in [0, 0.05) is 38.8 Å². The fourth-order valence-corrected chi connectivity index (χ4v) is 3.37. The molecular weight excluding hydrogens is 485 g/mol. The third kappa shape index (κ3) is 5.97. The highest BCUT2D eigenvalue weighted by Gasteiger charge is 2.36. The van der Waals surface area contributed by atoms with E-state index in [4.69, 9.17) is 4.74 Å². The molecule has 9 heteroatoms. The van der Waals surface area contributed by atoms with E-state index in [0.717, 1.165) is 11.5 Å². The zero-order chi connectivity index (χ0) is 20.3. The Balaban J connectivity index is 0.00000300. The smallest absolute Gasteiger partial charge is 0.410 e. The molecule has 2 amide bonds. The molecule has 29 heavy (non-hydrogen) atoms. The lowest BCUT2D eigenvalue weighted by Crippen LogP contribution is -2.57. The van der Waals surface area contributed by atoms with Crippen LogP contribution in [0.4, 0.5) is 4.79 Å². The summed E-state index contributed by atoms with van der Waals surface area (Å²) in [4.78, 5) is 32.7. The Labute approximate surface area is 189 Å². The number of aliphatic imine (C=N–C) groups is 1. The van der Waals surface area contributed by atoms with Crippen molar-refractivity contribution in [1.29, 1.82) is 0 Å². The van der Waals surface area contributed by atoms with Gasteiger partial charge in [-0.15, -0.1) is 24.0 Å². The van der Waals surface area contributed by atoms with Crippen molar-refractivity contribution in [3.8, 4) is 0 Å². The zero-order valence-corrected chi connectivity index (χ0v) is 19.7. The van der Waals surface area contributed by atoms with Gasteiger partial charge >= 0.3 is 6.09 Å². The maximum Gasteiger partial charge on any atom is 0.410 e. The summed E-state index contributed by atoms with van der Waals surface area (Å²) in [5.74, 6) is 0.748. The Kier molecular flexibility index (Phi) is 7.73. The van der Waals surface area contributed by atoms with Gasteiger partial charge in [-0.25, -0.2) is 4.79 Å². The Morgan fingerprint density at radius 2 is 2.03 bits per heavy atom. The molecule has 1 fully saturated rings. The van der Waals surface area contributed by atoms with Crippen LogP contribution in [0.3, 0.4) is 0 Å². The van der Waals surface area contributed by atoms with Gasteiger partial charge < -0.3 is 25.2 Å². The Morgan fingerprint density at radius 3 is 2.72 bits per heavy atom. The lowest BCUT2D eigenvalue weighted by molar-refractivity contribution is 0.0137. The number of carbonyl (C=O) groups is 2. The topological polar surface area (TPSA) is 86.3 Å². The predicted molar refractivity (Wildman–Crippen MR) is 123 cm³/mol. The van der Waals surface area contributed by atoms with Crippen molar-refractivity contribution in [2.45, 2.75) is 39.0 Å². The van der Waals surface area contributed by atoms with Crippen molar-refractivity contribution in [1.82, 2.24) is 20.4 Å². The third-order valence-electron chi connectivity index (χ3n) is 4.73. The molecule has 1 atom stereocenters. The van der Waals surface area contributed by atoms with Crippen molar-refractivity contribution >= 4 is 41.9 Å². The number of benzene rings is 1. The van der Waals surface area contributed by atoms with Gasteiger partial charge in [-0.05, 0) is 38.5 Å². The van der Waals surface area contributed by atoms with Crippen molar-refractivity contribution < 1.29 is 14.3 Å². The number of ether oxygens (including phenoxy) is 1. The van der Waals surface area contributed by atoms with Crippen molar-refractivity contribution in [2.75, 3.05) is 33.2 Å². The summed E-state index contributed by atoms with van der Waals surface area (Å²) in [6, 6.07) is 7.69. The molecule has 1 saturated heterocycles. The van der Waals surface area contributed by atoms with E-state index in [9.17, 15) is 9.59 Å². The SMILES string of the molecule is CNC(=O)c1cccc(CNC2=NCC3CN(C(=O)OC(C)(C)C)CCN23)c1.I. The quantitative estimate of drug-likeness (QED) is 0.603. The van der Waals surface area contributed by atoms with Crippen molar-refractivity contribution in [3.63, 3.8) is 0 Å². The van der Waals surface area contributed by atoms with Crippen LogP contribution < -0.4 is 10.6 Å². The Morgan fingerprint density at radius 1 is 1.28 bits per heavy atom. The minimum Gasteiger partial charge on any atom is -0.444 e. The van der Waals surface area contributed by atoms with Gasteiger partial charge in [0.25, 0.3) is 5.91 Å². The number of rotatable bonds is 3. The molecule has 0 bridgehead atoms. The maximum atomic E-state index is 12.3. The normalized spacial score (nSPS) is 18.3. The molecular formula is C20H30IN5O3. The van der Waals surface area contributed by atoms with Gasteiger partial charge in [-0.2, -0.15) is 0 Å². The highest BCUT2D eigenvalue weighted by Crippen LogP contribution is 2.19. The summed E-state index contributed by atoms with van der Waals surface area (Å²) in [5, 5.41) is 6.01. The molecule has 0 aliphatic carbocycles. The first-order valence-electron chi connectivity index (χ1n) is 9.61. The van der Waals surface area contributed by atoms with Gasteiger partial charge in [-0.3, -0.25) is 9.79 Å². The monoisotopic (exact) mass is 515 g/mol. The number of nitrogens with one attached hydrogen (secondary N) is 2. The number of hydrogen-bond donors (Lipinski definition) is 2. The standard InChI is InChI=1S/C20H29N5O3.HI/c1-20(2,3)28-19(27)24-8-9-25-16(13-24)12-23-18(25)22-11-14-6-5-7-15(10-14)17(26)21-4;/h5-7,10,16H,8-9,11-13H2,1-4H3,(H,21,26)(H,22,23);1H. The number of nitrogens with zero attached hydrogens (tertiary/aromatic N) is 3. The molecule has 3 rings (SSSR count). The van der Waals surface area contributed by atoms with Crippen LogP contribution in [-0.2, 0) is 11.3 Å². The first-order chi connectivity index (χ1) is 13.3. The summed E-state index contributed by atoms with van der Waals surface area (Å²) in [7, 11) is 1.62. The van der Waals surface area contributed by atoms with E-state index in [1.807, 2.05) is 39.0 Å². The van der Waals surface area contributed by atoms with Gasteiger partial charge in [0.05, 0.1) is 12.6 Å². The van der Waals surface area contributed by atoms with Crippen LogP contribution in [0.2, 0.25) is 0 Å². The van der Waals surface area contributed by atoms with Crippen LogP contribution in [-0.4, -0.2) is 72.6 Å². The number of amides is 2. The second kappa shape index (κ2) is 9.64. The summed E-state index contributed by atoms with van der Waals surface area (Å²) >= 11 is 0. The van der Waals surface area contributed by atoms with Gasteiger partial charge in [0.2, 0.25) is 0 Å². The molecule has 0 saturated carbocycles. The second-order valence-electron chi connectivity index (χ2n) is 8.07. The van der Waals surface area contributed by atoms with E-state index >= 15 is 0 Å². The third-order valence-corrected chi connectivity index (χ3v) is 4.73. The molecule has 2 aliphatic rings. The lowest BCUT2D eigenvalue weighted by atomic mass is 10.1. The van der Waals surface area contributed by atoms with Crippen LogP contribution in [0.5, 0.6) is 0 Å². The highest BCUT2D eigenvalue weighted by atomic mass is 127. The van der Waals surface area contributed by atoms with Crippen LogP contribution in [0.15, 0.2) is 29.3 Å². The fourth-order valence-electron chi connectivity index (χ4n) is 3.37. The van der Waals surface area contributed by atoms with Crippen LogP contribution in [0.25, 0.3) is 0 Å². The van der Waals surface area contributed by atoms with E-state index in [2.05, 4.69) is 20.5 Å². The maximum absolute atomic E-state index is 12.3. The van der Waals surface area contributed by atoms with E-state index in [0.29, 0.717) is 38.3 Å². The summed E-state index contributed by atoms with van der Waals surface area (Å²) in [5.41, 5.74) is 1.16. The Bertz CT molecular complexity index is 778. The van der Waals surface area contributed by atoms with E-state index < -0.39 is 5.60 Å². The molecule has 2 heterocycles. The molecule has 0 radical (unpaired) electrons. The molecule has 0 spiro atoms. The molecule has 2 N–H and O–H groups in total. The van der Waals surface area contributed by atoms with E-state index in [-0.39, 0.29) is 42.0 Å². The average Bonchev–Trinajstić information content (AvgIpc) is 3.07. The molecule has 1 aromatic rings. The van der Waals surface area contributed by atoms with Gasteiger partial charge in [-0.1, -0.05) is 12.1 Å². The number of guanidine groups is 1. The number of piperazine rings is 1. The van der Waals surface area contributed by atoms with Gasteiger partial charge in [0.1, 0.15) is 5.60 Å². The molecule has 1 unspecified atom stereocenters. The number of halogens is 1. The lowest BCUT2D eigenvalue weighted by Gasteiger charge is -2.39. The first kappa shape index (κ1) is 23.2. The molecule has 0 aromatic heterocycles. The first-order valence-corrected chi connectivity index (χ1v) is 9.61. The van der Waals surface area contributed by atoms with Crippen molar-refractivity contribution in [2.24, 2.45) is 4.99 Å². The van der Waals surface area contributed by atoms with Crippen LogP contribution in [0, 0.1) is 0 Å². The summed E-state index contributed by atoms with van der Waals surface area (Å²) in [6.45, 7) is 8.80. The van der Waals surface area contributed by atoms with Crippen molar-refractivity contribution in [3.05, 3.63) is 35.4 Å². The largest absolute Gasteiger partial charge is 0.444 e. The minimum absolute atomic E-state index is 0. The Hall–Kier alpha value is -2.04. The molecule has 1 aromatic carbocycles.